The molecule has 3 aromatic rings. The van der Waals surface area contributed by atoms with Gasteiger partial charge in [-0.3, -0.25) is 4.57 Å². The predicted octanol–water partition coefficient (Wildman–Crippen LogP) is 3.25. The lowest BCUT2D eigenvalue weighted by atomic mass is 10.2. The number of carboxylic acid groups (broad SMARTS) is 2. The Bertz CT molecular complexity index is 982. The van der Waals surface area contributed by atoms with Crippen molar-refractivity contribution >= 4 is 29.0 Å². The Balaban J connectivity index is 0.000000409. The van der Waals surface area contributed by atoms with Crippen LogP contribution in [0.2, 0.25) is 0 Å². The number of aromatic nitrogens is 3. The number of nitrogens with zero attached hydrogens (tertiary/aromatic N) is 3. The van der Waals surface area contributed by atoms with E-state index in [4.69, 9.17) is 29.5 Å². The van der Waals surface area contributed by atoms with Crippen LogP contribution in [0, 0.1) is 5.92 Å². The third-order valence-electron chi connectivity index (χ3n) is 3.58. The summed E-state index contributed by atoms with van der Waals surface area (Å²) in [6, 6.07) is 11.8. The van der Waals surface area contributed by atoms with Crippen LogP contribution in [0.1, 0.15) is 19.7 Å². The monoisotopic (exact) mass is 383 g/mol. The van der Waals surface area contributed by atoms with Crippen LogP contribution in [0.25, 0.3) is 22.9 Å². The largest absolute Gasteiger partial charge is 0.497 e. The van der Waals surface area contributed by atoms with Crippen molar-refractivity contribution in [1.29, 1.82) is 0 Å². The van der Waals surface area contributed by atoms with E-state index < -0.39 is 11.9 Å². The summed E-state index contributed by atoms with van der Waals surface area (Å²) in [4.78, 5) is 27.4. The predicted molar refractivity (Wildman–Crippen MR) is 105 cm³/mol. The molecule has 0 unspecified atom stereocenters. The van der Waals surface area contributed by atoms with Crippen LogP contribution in [0.5, 0.6) is 5.75 Å². The molecule has 2 heterocycles. The smallest absolute Gasteiger partial charge is 0.414 e. The lowest BCUT2D eigenvalue weighted by Gasteiger charge is -2.06. The topological polar surface area (TPSA) is 115 Å². The lowest BCUT2D eigenvalue weighted by molar-refractivity contribution is -0.159. The van der Waals surface area contributed by atoms with Crippen LogP contribution in [0.4, 0.5) is 0 Å². The molecular formula is C20H21N3O5. The number of aliphatic carboxylic acids is 2. The van der Waals surface area contributed by atoms with Gasteiger partial charge in [0.15, 0.2) is 0 Å². The van der Waals surface area contributed by atoms with Crippen LogP contribution in [-0.2, 0) is 9.59 Å². The Morgan fingerprint density at radius 2 is 1.86 bits per heavy atom. The Labute approximate surface area is 161 Å². The zero-order valence-electron chi connectivity index (χ0n) is 15.7. The second-order valence-corrected chi connectivity index (χ2v) is 6.06. The zero-order chi connectivity index (χ0) is 20.7. The summed E-state index contributed by atoms with van der Waals surface area (Å²) in [5.74, 6) is -0.650. The fourth-order valence-corrected chi connectivity index (χ4v) is 2.32. The van der Waals surface area contributed by atoms with Gasteiger partial charge in [-0.1, -0.05) is 26.0 Å². The van der Waals surface area contributed by atoms with Gasteiger partial charge < -0.3 is 14.9 Å². The summed E-state index contributed by atoms with van der Waals surface area (Å²) >= 11 is 0. The second kappa shape index (κ2) is 9.31. The van der Waals surface area contributed by atoms with E-state index >= 15 is 0 Å². The maximum Gasteiger partial charge on any atom is 0.414 e. The summed E-state index contributed by atoms with van der Waals surface area (Å²) in [7, 11) is 1.66. The Kier molecular flexibility index (Phi) is 6.86. The molecule has 8 heteroatoms. The van der Waals surface area contributed by atoms with Gasteiger partial charge in [0.25, 0.3) is 0 Å². The number of methoxy groups -OCH3 is 1. The van der Waals surface area contributed by atoms with Crippen molar-refractivity contribution in [2.75, 3.05) is 7.11 Å². The highest BCUT2D eigenvalue weighted by atomic mass is 16.5. The maximum atomic E-state index is 9.10. The molecule has 0 spiro atoms. The lowest BCUT2D eigenvalue weighted by Crippen LogP contribution is -2.09. The molecular weight excluding hydrogens is 362 g/mol. The molecule has 146 valence electrons. The third kappa shape index (κ3) is 5.16. The molecule has 0 saturated heterocycles. The number of imidazole rings is 1. The van der Waals surface area contributed by atoms with E-state index in [1.807, 2.05) is 42.5 Å². The molecule has 0 aliphatic rings. The molecule has 0 aliphatic heterocycles. The maximum absolute atomic E-state index is 9.10. The Morgan fingerprint density at radius 1 is 1.14 bits per heavy atom. The first-order valence-electron chi connectivity index (χ1n) is 8.45. The van der Waals surface area contributed by atoms with Crippen LogP contribution in [0.3, 0.4) is 0 Å². The number of hydrogen-bond acceptors (Lipinski definition) is 5. The summed E-state index contributed by atoms with van der Waals surface area (Å²) < 4.78 is 7.36. The van der Waals surface area contributed by atoms with Gasteiger partial charge in [-0.25, -0.2) is 19.6 Å². The molecule has 0 saturated carbocycles. The van der Waals surface area contributed by atoms with Crippen LogP contribution in [0.15, 0.2) is 48.7 Å². The molecule has 0 amide bonds. The Hall–Kier alpha value is -3.68. The number of allylic oxidation sites excluding steroid dienone is 1. The molecule has 0 atom stereocenters. The van der Waals surface area contributed by atoms with Crippen molar-refractivity contribution in [2.24, 2.45) is 5.92 Å². The number of ether oxygens (including phenoxy) is 1. The minimum absolute atomic E-state index is 0.464. The van der Waals surface area contributed by atoms with Gasteiger partial charge in [0.2, 0.25) is 0 Å². The fourth-order valence-electron chi connectivity index (χ4n) is 2.32. The van der Waals surface area contributed by atoms with Crippen molar-refractivity contribution in [3.8, 4) is 11.6 Å². The van der Waals surface area contributed by atoms with E-state index in [-0.39, 0.29) is 0 Å². The van der Waals surface area contributed by atoms with E-state index in [9.17, 15) is 0 Å². The molecule has 0 bridgehead atoms. The van der Waals surface area contributed by atoms with Crippen molar-refractivity contribution in [2.45, 2.75) is 13.8 Å². The molecule has 0 radical (unpaired) electrons. The highest BCUT2D eigenvalue weighted by molar-refractivity contribution is 6.27. The molecule has 28 heavy (non-hydrogen) atoms. The number of pyridine rings is 1. The van der Waals surface area contributed by atoms with Gasteiger partial charge in [-0.15, -0.1) is 0 Å². The number of hydrogen-bond donors (Lipinski definition) is 2. The van der Waals surface area contributed by atoms with Gasteiger partial charge in [0, 0.05) is 12.3 Å². The van der Waals surface area contributed by atoms with Crippen molar-refractivity contribution in [1.82, 2.24) is 14.5 Å². The normalized spacial score (nSPS) is 10.7. The summed E-state index contributed by atoms with van der Waals surface area (Å²) in [6.45, 7) is 4.29. The fraction of sp³-hybridized carbons (Fsp3) is 0.200. The highest BCUT2D eigenvalue weighted by Gasteiger charge is 2.12. The van der Waals surface area contributed by atoms with Gasteiger partial charge in [-0.2, -0.15) is 0 Å². The van der Waals surface area contributed by atoms with Crippen molar-refractivity contribution in [3.63, 3.8) is 0 Å². The van der Waals surface area contributed by atoms with Crippen LogP contribution in [-0.4, -0.2) is 43.8 Å². The average Bonchev–Trinajstić information content (AvgIpc) is 3.04. The number of rotatable bonds is 4. The minimum Gasteiger partial charge on any atom is -0.497 e. The molecule has 0 aliphatic carbocycles. The summed E-state index contributed by atoms with van der Waals surface area (Å²) in [5, 5.41) is 14.8. The number of fused-ring (bicyclic) bond motifs is 1. The third-order valence-corrected chi connectivity index (χ3v) is 3.58. The number of carbonyl (C=O) groups is 2. The van der Waals surface area contributed by atoms with Gasteiger partial charge in [-0.05, 0) is 36.3 Å². The SMILES string of the molecule is COc1ccc2c(c1)nc(C=CC(C)C)n2-c1ccccn1.O=C(O)C(=O)O. The first kappa shape index (κ1) is 20.6. The second-order valence-electron chi connectivity index (χ2n) is 6.06. The molecule has 1 aromatic carbocycles. The first-order chi connectivity index (χ1) is 13.3. The zero-order valence-corrected chi connectivity index (χ0v) is 15.7. The van der Waals surface area contributed by atoms with E-state index in [1.165, 1.54) is 0 Å². The molecule has 0 fully saturated rings. The summed E-state index contributed by atoms with van der Waals surface area (Å²) in [6.07, 6.45) is 5.98. The highest BCUT2D eigenvalue weighted by Crippen LogP contribution is 2.25. The summed E-state index contributed by atoms with van der Waals surface area (Å²) in [5.41, 5.74) is 1.91. The van der Waals surface area contributed by atoms with E-state index in [0.717, 1.165) is 28.4 Å². The first-order valence-corrected chi connectivity index (χ1v) is 8.45. The number of benzene rings is 1. The van der Waals surface area contributed by atoms with E-state index in [2.05, 4.69) is 29.5 Å². The molecule has 8 nitrogen and oxygen atoms in total. The van der Waals surface area contributed by atoms with Crippen molar-refractivity contribution in [3.05, 3.63) is 54.5 Å². The molecule has 3 rings (SSSR count). The quantitative estimate of drug-likeness (QED) is 0.665. The van der Waals surface area contributed by atoms with Crippen molar-refractivity contribution < 1.29 is 24.5 Å². The molecule has 2 N–H and O–H groups in total. The van der Waals surface area contributed by atoms with E-state index in [0.29, 0.717) is 5.92 Å². The Morgan fingerprint density at radius 3 is 2.39 bits per heavy atom. The van der Waals surface area contributed by atoms with Gasteiger partial charge in [0.1, 0.15) is 17.4 Å². The van der Waals surface area contributed by atoms with Gasteiger partial charge >= 0.3 is 11.9 Å². The average molecular weight is 383 g/mol. The minimum atomic E-state index is -1.82. The number of carboxylic acids is 2. The van der Waals surface area contributed by atoms with E-state index in [1.54, 1.807) is 13.3 Å². The standard InChI is InChI=1S/C18H19N3O.C2H2O4/c1-13(2)7-10-18-20-15-12-14(22-3)8-9-16(15)21(18)17-6-4-5-11-19-17;3-1(4)2(5)6/h4-13H,1-3H3;(H,3,4)(H,5,6). The van der Waals surface area contributed by atoms with Crippen LogP contribution < -0.4 is 4.74 Å². The molecule has 2 aromatic heterocycles. The van der Waals surface area contributed by atoms with Crippen LogP contribution >= 0.6 is 0 Å². The van der Waals surface area contributed by atoms with Gasteiger partial charge in [0.05, 0.1) is 18.1 Å².